The highest BCUT2D eigenvalue weighted by atomic mass is 32.1. The molecule has 1 rings (SSSR count). The molecule has 1 aromatic rings. The van der Waals surface area contributed by atoms with E-state index in [-0.39, 0.29) is 24.2 Å². The lowest BCUT2D eigenvalue weighted by Gasteiger charge is -2.08. The van der Waals surface area contributed by atoms with Crippen LogP contribution in [0.4, 0.5) is 5.13 Å². The minimum Gasteiger partial charge on any atom is -0.375 e. The average Bonchev–Trinajstić information content (AvgIpc) is 2.69. The molecule has 0 unspecified atom stereocenters. The standard InChI is InChI=1S/C11H18N4O2S/c1-7(2)10(17)14-4-3-13-9(16)5-8-6-18-11(12)15-8/h6-7H,3-5H2,1-2H3,(H2,12,15)(H,13,16)(H,14,17). The highest BCUT2D eigenvalue weighted by molar-refractivity contribution is 7.13. The first-order chi connectivity index (χ1) is 8.49. The van der Waals surface area contributed by atoms with E-state index < -0.39 is 0 Å². The van der Waals surface area contributed by atoms with Gasteiger partial charge in [0, 0.05) is 24.4 Å². The SMILES string of the molecule is CC(C)C(=O)NCCNC(=O)Cc1csc(N)n1. The van der Waals surface area contributed by atoms with Crippen LogP contribution in [-0.4, -0.2) is 29.9 Å². The molecular weight excluding hydrogens is 252 g/mol. The molecule has 6 nitrogen and oxygen atoms in total. The average molecular weight is 270 g/mol. The van der Waals surface area contributed by atoms with E-state index in [1.165, 1.54) is 11.3 Å². The predicted molar refractivity (Wildman–Crippen MR) is 71.1 cm³/mol. The van der Waals surface area contributed by atoms with E-state index in [4.69, 9.17) is 5.73 Å². The molecule has 0 saturated carbocycles. The van der Waals surface area contributed by atoms with E-state index in [1.807, 2.05) is 13.8 Å². The minimum atomic E-state index is -0.126. The number of carbonyl (C=O) groups excluding carboxylic acids is 2. The second-order valence-electron chi connectivity index (χ2n) is 4.15. The molecule has 100 valence electrons. The van der Waals surface area contributed by atoms with Gasteiger partial charge in [-0.05, 0) is 0 Å². The predicted octanol–water partition coefficient (Wildman–Crippen LogP) is 0.156. The van der Waals surface area contributed by atoms with Crippen LogP contribution < -0.4 is 16.4 Å². The van der Waals surface area contributed by atoms with E-state index in [9.17, 15) is 9.59 Å². The van der Waals surface area contributed by atoms with Crippen molar-refractivity contribution < 1.29 is 9.59 Å². The summed E-state index contributed by atoms with van der Waals surface area (Å²) in [4.78, 5) is 26.7. The number of nitrogens with two attached hydrogens (primary N) is 1. The molecule has 1 aromatic heterocycles. The Kier molecular flexibility index (Phi) is 5.57. The van der Waals surface area contributed by atoms with Crippen LogP contribution in [0.3, 0.4) is 0 Å². The van der Waals surface area contributed by atoms with E-state index in [1.54, 1.807) is 5.38 Å². The Hall–Kier alpha value is -1.63. The Balaban J connectivity index is 2.16. The zero-order chi connectivity index (χ0) is 13.5. The second kappa shape index (κ2) is 6.95. The molecular formula is C11H18N4O2S. The number of aromatic nitrogens is 1. The van der Waals surface area contributed by atoms with Gasteiger partial charge < -0.3 is 16.4 Å². The molecule has 0 aromatic carbocycles. The van der Waals surface area contributed by atoms with Crippen molar-refractivity contribution in [3.05, 3.63) is 11.1 Å². The monoisotopic (exact) mass is 270 g/mol. The highest BCUT2D eigenvalue weighted by Crippen LogP contribution is 2.10. The van der Waals surface area contributed by atoms with Gasteiger partial charge in [-0.25, -0.2) is 4.98 Å². The fraction of sp³-hybridized carbons (Fsp3) is 0.545. The van der Waals surface area contributed by atoms with Crippen LogP contribution in [0.1, 0.15) is 19.5 Å². The Morgan fingerprint density at radius 3 is 2.61 bits per heavy atom. The summed E-state index contributed by atoms with van der Waals surface area (Å²) in [6, 6.07) is 0. The molecule has 2 amide bonds. The molecule has 1 heterocycles. The zero-order valence-corrected chi connectivity index (χ0v) is 11.3. The van der Waals surface area contributed by atoms with Crippen LogP contribution in [0.25, 0.3) is 0 Å². The van der Waals surface area contributed by atoms with Gasteiger partial charge in [0.2, 0.25) is 11.8 Å². The third kappa shape index (κ3) is 5.13. The summed E-state index contributed by atoms with van der Waals surface area (Å²) in [6.07, 6.45) is 0.214. The van der Waals surface area contributed by atoms with Crippen molar-refractivity contribution in [3.63, 3.8) is 0 Å². The van der Waals surface area contributed by atoms with Crippen molar-refractivity contribution in [2.75, 3.05) is 18.8 Å². The Bertz CT molecular complexity index is 417. The molecule has 0 spiro atoms. The molecule has 0 aliphatic rings. The van der Waals surface area contributed by atoms with Gasteiger partial charge in [-0.2, -0.15) is 0 Å². The number of hydrogen-bond donors (Lipinski definition) is 3. The second-order valence-corrected chi connectivity index (χ2v) is 5.04. The maximum atomic E-state index is 11.5. The van der Waals surface area contributed by atoms with Gasteiger partial charge in [-0.15, -0.1) is 11.3 Å². The zero-order valence-electron chi connectivity index (χ0n) is 10.5. The molecule has 18 heavy (non-hydrogen) atoms. The first-order valence-electron chi connectivity index (χ1n) is 5.73. The minimum absolute atomic E-state index is 0.0171. The third-order valence-electron chi connectivity index (χ3n) is 2.18. The molecule has 0 atom stereocenters. The molecule has 0 saturated heterocycles. The van der Waals surface area contributed by atoms with Gasteiger partial charge in [0.15, 0.2) is 5.13 Å². The van der Waals surface area contributed by atoms with Crippen molar-refractivity contribution in [2.24, 2.45) is 5.92 Å². The molecule has 7 heteroatoms. The number of carbonyl (C=O) groups is 2. The molecule has 0 aliphatic carbocycles. The van der Waals surface area contributed by atoms with Gasteiger partial charge in [-0.3, -0.25) is 9.59 Å². The number of nitrogens with zero attached hydrogens (tertiary/aromatic N) is 1. The summed E-state index contributed by atoms with van der Waals surface area (Å²) >= 11 is 1.31. The Labute approximate surface area is 110 Å². The fourth-order valence-electron chi connectivity index (χ4n) is 1.22. The highest BCUT2D eigenvalue weighted by Gasteiger charge is 2.07. The van der Waals surface area contributed by atoms with Crippen LogP contribution in [0.15, 0.2) is 5.38 Å². The lowest BCUT2D eigenvalue weighted by molar-refractivity contribution is -0.124. The first-order valence-corrected chi connectivity index (χ1v) is 6.61. The quantitative estimate of drug-likeness (QED) is 0.641. The topological polar surface area (TPSA) is 97.1 Å². The number of thiazole rings is 1. The van der Waals surface area contributed by atoms with Crippen molar-refractivity contribution in [3.8, 4) is 0 Å². The van der Waals surface area contributed by atoms with Crippen LogP contribution in [0.5, 0.6) is 0 Å². The molecule has 0 radical (unpaired) electrons. The number of nitrogen functional groups attached to an aromatic ring is 1. The van der Waals surface area contributed by atoms with Crippen LogP contribution in [-0.2, 0) is 16.0 Å². The molecule has 4 N–H and O–H groups in total. The van der Waals surface area contributed by atoms with Crippen molar-refractivity contribution in [1.29, 1.82) is 0 Å². The largest absolute Gasteiger partial charge is 0.375 e. The smallest absolute Gasteiger partial charge is 0.226 e. The summed E-state index contributed by atoms with van der Waals surface area (Å²) in [5.74, 6) is -0.186. The molecule has 0 fully saturated rings. The van der Waals surface area contributed by atoms with E-state index in [2.05, 4.69) is 15.6 Å². The van der Waals surface area contributed by atoms with Gasteiger partial charge in [-0.1, -0.05) is 13.8 Å². The van der Waals surface area contributed by atoms with E-state index in [0.29, 0.717) is 23.9 Å². The summed E-state index contributed by atoms with van der Waals surface area (Å²) in [6.45, 7) is 4.49. The summed E-state index contributed by atoms with van der Waals surface area (Å²) in [7, 11) is 0. The Morgan fingerprint density at radius 1 is 1.39 bits per heavy atom. The maximum Gasteiger partial charge on any atom is 0.226 e. The number of amides is 2. The van der Waals surface area contributed by atoms with Crippen LogP contribution in [0.2, 0.25) is 0 Å². The third-order valence-corrected chi connectivity index (χ3v) is 2.90. The van der Waals surface area contributed by atoms with Crippen molar-refractivity contribution >= 4 is 28.3 Å². The van der Waals surface area contributed by atoms with Crippen LogP contribution in [0, 0.1) is 5.92 Å². The van der Waals surface area contributed by atoms with Gasteiger partial charge in [0.1, 0.15) is 0 Å². The first kappa shape index (κ1) is 14.4. The lowest BCUT2D eigenvalue weighted by Crippen LogP contribution is -2.36. The summed E-state index contributed by atoms with van der Waals surface area (Å²) < 4.78 is 0. The summed E-state index contributed by atoms with van der Waals surface area (Å²) in [5.41, 5.74) is 6.13. The maximum absolute atomic E-state index is 11.5. The lowest BCUT2D eigenvalue weighted by atomic mass is 10.2. The number of anilines is 1. The van der Waals surface area contributed by atoms with E-state index in [0.717, 1.165) is 0 Å². The fourth-order valence-corrected chi connectivity index (χ4v) is 1.79. The van der Waals surface area contributed by atoms with Crippen LogP contribution >= 0.6 is 11.3 Å². The van der Waals surface area contributed by atoms with Crippen molar-refractivity contribution in [1.82, 2.24) is 15.6 Å². The summed E-state index contributed by atoms with van der Waals surface area (Å²) in [5, 5.41) is 7.64. The van der Waals surface area contributed by atoms with Crippen molar-refractivity contribution in [2.45, 2.75) is 20.3 Å². The Morgan fingerprint density at radius 2 is 2.06 bits per heavy atom. The molecule has 0 bridgehead atoms. The van der Waals surface area contributed by atoms with E-state index >= 15 is 0 Å². The number of nitrogens with one attached hydrogen (secondary N) is 2. The van der Waals surface area contributed by atoms with Gasteiger partial charge in [0.05, 0.1) is 12.1 Å². The number of hydrogen-bond acceptors (Lipinski definition) is 5. The van der Waals surface area contributed by atoms with Gasteiger partial charge in [0.25, 0.3) is 0 Å². The van der Waals surface area contributed by atoms with Gasteiger partial charge >= 0.3 is 0 Å². The normalized spacial score (nSPS) is 10.4. The number of rotatable bonds is 6. The molecule has 0 aliphatic heterocycles.